The van der Waals surface area contributed by atoms with Crippen LogP contribution in [0.1, 0.15) is 69.9 Å². The van der Waals surface area contributed by atoms with Crippen LogP contribution < -0.4 is 5.32 Å². The predicted octanol–water partition coefficient (Wildman–Crippen LogP) is 5.46. The molecule has 3 fully saturated rings. The highest BCUT2D eigenvalue weighted by atomic mass is 19.1. The summed E-state index contributed by atoms with van der Waals surface area (Å²) < 4.78 is 25.4. The van der Waals surface area contributed by atoms with Gasteiger partial charge >= 0.3 is 12.2 Å². The van der Waals surface area contributed by atoms with Gasteiger partial charge < -0.3 is 29.8 Å². The van der Waals surface area contributed by atoms with E-state index in [0.29, 0.717) is 5.52 Å². The Hall–Kier alpha value is -4.12. The fourth-order valence-electron chi connectivity index (χ4n) is 7.54. The van der Waals surface area contributed by atoms with Crippen molar-refractivity contribution in [1.82, 2.24) is 20.1 Å². The van der Waals surface area contributed by atoms with Crippen molar-refractivity contribution in [2.24, 2.45) is 5.92 Å². The molecule has 1 aliphatic carbocycles. The molecule has 3 amide bonds. The molecule has 2 aromatic carbocycles. The molecule has 246 valence electrons. The molecule has 0 bridgehead atoms. The first kappa shape index (κ1) is 31.8. The zero-order valence-corrected chi connectivity index (χ0v) is 26.6. The topological polar surface area (TPSA) is 124 Å². The van der Waals surface area contributed by atoms with Crippen molar-refractivity contribution >= 4 is 29.0 Å². The molecule has 46 heavy (non-hydrogen) atoms. The molecule has 10 nitrogen and oxygen atoms in total. The molecular formula is C35H43FN4O6. The number of fused-ring (bicyclic) bond motifs is 2. The fraction of sp³-hybridized carbons (Fsp3) is 0.514. The van der Waals surface area contributed by atoms with E-state index < -0.39 is 47.9 Å². The number of benzene rings is 2. The number of aromatic amines is 1. The van der Waals surface area contributed by atoms with Gasteiger partial charge in [0.15, 0.2) is 0 Å². The number of halogens is 1. The number of hydrogen-bond acceptors (Lipinski definition) is 6. The number of nitrogens with zero attached hydrogens (tertiary/aromatic N) is 2. The molecule has 2 saturated heterocycles. The molecule has 3 heterocycles. The van der Waals surface area contributed by atoms with Gasteiger partial charge in [-0.15, -0.1) is 0 Å². The Balaban J connectivity index is 1.33. The van der Waals surface area contributed by atoms with E-state index in [4.69, 9.17) is 9.47 Å². The average molecular weight is 635 g/mol. The van der Waals surface area contributed by atoms with Crippen molar-refractivity contribution in [2.45, 2.75) is 95.2 Å². The standard InChI is InChI=1S/C35H43FN4O6/c1-35(2,3)46-33(43)38-29(22-12-8-5-9-13-22)32(42)39-19-28(41)31-30(39)26(25-17-37-27-16-23(36)14-15-24(25)27)18-40(31)34(44)45-20-21-10-6-4-7-11-21/h4,6-7,10-11,14-17,22,26,28-31,37,41H,5,8-9,12-13,18-20H2,1-3H3,(H,38,43)/t26-,28-,29+,30-,31-/m1/s1. The van der Waals surface area contributed by atoms with Crippen LogP contribution >= 0.6 is 0 Å². The average Bonchev–Trinajstić information content (AvgIpc) is 3.72. The van der Waals surface area contributed by atoms with E-state index in [0.717, 1.165) is 48.6 Å². The molecule has 6 rings (SSSR count). The van der Waals surface area contributed by atoms with Gasteiger partial charge in [-0.25, -0.2) is 14.0 Å². The summed E-state index contributed by atoms with van der Waals surface area (Å²) in [6.45, 7) is 5.55. The minimum absolute atomic E-state index is 0.0106. The third-order valence-electron chi connectivity index (χ3n) is 9.51. The van der Waals surface area contributed by atoms with Gasteiger partial charge in [0.05, 0.1) is 18.2 Å². The van der Waals surface area contributed by atoms with Gasteiger partial charge in [0.25, 0.3) is 0 Å². The summed E-state index contributed by atoms with van der Waals surface area (Å²) in [5, 5.41) is 15.2. The van der Waals surface area contributed by atoms with Crippen LogP contribution in [0, 0.1) is 11.7 Å². The SMILES string of the molecule is CC(C)(C)OC(=O)N[C@H](C(=O)N1C[C@@H](O)[C@@H]2[C@H]1[C@@H](c1c[nH]c3cc(F)ccc13)CN2C(=O)OCc1ccccc1)C1CCCCC1. The smallest absolute Gasteiger partial charge is 0.410 e. The number of β-amino-alcohol motifs (C(OH)–C–C–N with tert-alkyl or cyclic N) is 1. The normalized spacial score (nSPS) is 24.1. The Morgan fingerprint density at radius 1 is 1.02 bits per heavy atom. The maximum Gasteiger partial charge on any atom is 0.410 e. The highest BCUT2D eigenvalue weighted by Gasteiger charge is 2.58. The third-order valence-corrected chi connectivity index (χ3v) is 9.51. The minimum atomic E-state index is -1.04. The number of carbonyl (C=O) groups is 3. The summed E-state index contributed by atoms with van der Waals surface area (Å²) in [4.78, 5) is 47.5. The Labute approximate surface area is 268 Å². The lowest BCUT2D eigenvalue weighted by atomic mass is 9.83. The number of likely N-dealkylation sites (tertiary alicyclic amines) is 2. The molecule has 1 aromatic heterocycles. The molecule has 5 atom stereocenters. The van der Waals surface area contributed by atoms with Crippen molar-refractivity contribution in [3.8, 4) is 0 Å². The quantitative estimate of drug-likeness (QED) is 0.331. The van der Waals surface area contributed by atoms with Gasteiger partial charge in [0.2, 0.25) is 5.91 Å². The molecule has 0 spiro atoms. The monoisotopic (exact) mass is 634 g/mol. The van der Waals surface area contributed by atoms with Crippen LogP contribution in [0.25, 0.3) is 10.9 Å². The Morgan fingerprint density at radius 3 is 2.48 bits per heavy atom. The van der Waals surface area contributed by atoms with Crippen LogP contribution in [-0.2, 0) is 20.9 Å². The van der Waals surface area contributed by atoms with Gasteiger partial charge in [-0.3, -0.25) is 9.69 Å². The first-order valence-corrected chi connectivity index (χ1v) is 16.2. The van der Waals surface area contributed by atoms with Gasteiger partial charge in [-0.05, 0) is 68.9 Å². The lowest BCUT2D eigenvalue weighted by Gasteiger charge is -2.36. The Kier molecular flexibility index (Phi) is 8.96. The highest BCUT2D eigenvalue weighted by Crippen LogP contribution is 2.44. The van der Waals surface area contributed by atoms with Crippen molar-refractivity contribution < 1.29 is 33.4 Å². The number of rotatable bonds is 6. The number of ether oxygens (including phenoxy) is 2. The second kappa shape index (κ2) is 12.9. The number of aliphatic hydroxyl groups is 1. The second-order valence-electron chi connectivity index (χ2n) is 13.8. The van der Waals surface area contributed by atoms with E-state index in [1.54, 1.807) is 37.9 Å². The maximum atomic E-state index is 14.6. The zero-order valence-electron chi connectivity index (χ0n) is 26.6. The number of hydrogen-bond donors (Lipinski definition) is 3. The first-order valence-electron chi connectivity index (χ1n) is 16.2. The highest BCUT2D eigenvalue weighted by molar-refractivity contribution is 5.88. The summed E-state index contributed by atoms with van der Waals surface area (Å²) in [7, 11) is 0. The number of H-pyrrole nitrogens is 1. The van der Waals surface area contributed by atoms with Gasteiger partial charge in [-0.2, -0.15) is 0 Å². The summed E-state index contributed by atoms with van der Waals surface area (Å²) in [6.07, 6.45) is 4.04. The lowest BCUT2D eigenvalue weighted by Crippen LogP contribution is -2.55. The van der Waals surface area contributed by atoms with E-state index in [9.17, 15) is 23.9 Å². The number of amides is 3. The largest absolute Gasteiger partial charge is 0.445 e. The van der Waals surface area contributed by atoms with Gasteiger partial charge in [0, 0.05) is 36.1 Å². The summed E-state index contributed by atoms with van der Waals surface area (Å²) in [6, 6.07) is 11.6. The van der Waals surface area contributed by atoms with E-state index >= 15 is 0 Å². The van der Waals surface area contributed by atoms with Crippen LogP contribution in [-0.4, -0.2) is 80.9 Å². The van der Waals surface area contributed by atoms with Crippen molar-refractivity contribution in [2.75, 3.05) is 13.1 Å². The number of alkyl carbamates (subject to hydrolysis) is 1. The summed E-state index contributed by atoms with van der Waals surface area (Å²) in [5.74, 6) is -1.19. The van der Waals surface area contributed by atoms with E-state index in [1.165, 1.54) is 17.0 Å². The van der Waals surface area contributed by atoms with Crippen molar-refractivity contribution in [3.05, 3.63) is 71.7 Å². The van der Waals surface area contributed by atoms with E-state index in [-0.39, 0.29) is 37.3 Å². The number of carbonyl (C=O) groups excluding carboxylic acids is 3. The molecule has 3 aromatic rings. The van der Waals surface area contributed by atoms with Crippen molar-refractivity contribution in [1.29, 1.82) is 0 Å². The van der Waals surface area contributed by atoms with Crippen LogP contribution in [0.2, 0.25) is 0 Å². The molecule has 3 N–H and O–H groups in total. The van der Waals surface area contributed by atoms with Gasteiger partial charge in [-0.1, -0.05) is 49.6 Å². The second-order valence-corrected chi connectivity index (χ2v) is 13.8. The molecule has 3 aliphatic rings. The fourth-order valence-corrected chi connectivity index (χ4v) is 7.54. The van der Waals surface area contributed by atoms with Crippen LogP contribution in [0.15, 0.2) is 54.7 Å². The molecule has 2 aliphatic heterocycles. The molecule has 0 unspecified atom stereocenters. The molecular weight excluding hydrogens is 591 g/mol. The summed E-state index contributed by atoms with van der Waals surface area (Å²) in [5.41, 5.74) is 1.49. The number of nitrogens with one attached hydrogen (secondary N) is 2. The lowest BCUT2D eigenvalue weighted by molar-refractivity contribution is -0.136. The molecule has 11 heteroatoms. The summed E-state index contributed by atoms with van der Waals surface area (Å²) >= 11 is 0. The third kappa shape index (κ3) is 6.56. The predicted molar refractivity (Wildman–Crippen MR) is 169 cm³/mol. The van der Waals surface area contributed by atoms with Gasteiger partial charge in [0.1, 0.15) is 24.1 Å². The van der Waals surface area contributed by atoms with E-state index in [1.807, 2.05) is 30.3 Å². The number of aliphatic hydroxyl groups excluding tert-OH is 1. The van der Waals surface area contributed by atoms with Crippen molar-refractivity contribution in [3.63, 3.8) is 0 Å². The van der Waals surface area contributed by atoms with E-state index in [2.05, 4.69) is 10.3 Å². The first-order chi connectivity index (χ1) is 22.0. The Morgan fingerprint density at radius 2 is 1.76 bits per heavy atom. The van der Waals surface area contributed by atoms with Crippen LogP contribution in [0.4, 0.5) is 14.0 Å². The number of aromatic nitrogens is 1. The van der Waals surface area contributed by atoms with Crippen LogP contribution in [0.3, 0.4) is 0 Å². The molecule has 0 radical (unpaired) electrons. The molecule has 1 saturated carbocycles. The minimum Gasteiger partial charge on any atom is -0.445 e. The Bertz CT molecular complexity index is 1570. The van der Waals surface area contributed by atoms with Crippen LogP contribution in [0.5, 0.6) is 0 Å². The zero-order chi connectivity index (χ0) is 32.6. The maximum absolute atomic E-state index is 14.6.